The van der Waals surface area contributed by atoms with Crippen LogP contribution in [0.4, 0.5) is 5.69 Å². The van der Waals surface area contributed by atoms with Gasteiger partial charge in [-0.3, -0.25) is 9.10 Å². The largest absolute Gasteiger partial charge is 0.422 e. The second-order valence-corrected chi connectivity index (χ2v) is 10.9. The van der Waals surface area contributed by atoms with Gasteiger partial charge in [-0.05, 0) is 74.2 Å². The van der Waals surface area contributed by atoms with Gasteiger partial charge in [0.05, 0.1) is 16.1 Å². The molecule has 0 spiro atoms. The van der Waals surface area contributed by atoms with Crippen molar-refractivity contribution < 1.29 is 17.6 Å². The van der Waals surface area contributed by atoms with Crippen molar-refractivity contribution in [1.82, 2.24) is 5.32 Å². The molecule has 7 nitrogen and oxygen atoms in total. The van der Waals surface area contributed by atoms with Gasteiger partial charge in [0, 0.05) is 25.4 Å². The van der Waals surface area contributed by atoms with Crippen molar-refractivity contribution in [3.05, 3.63) is 94.3 Å². The van der Waals surface area contributed by atoms with Gasteiger partial charge in [0.25, 0.3) is 10.0 Å². The van der Waals surface area contributed by atoms with Crippen molar-refractivity contribution in [3.8, 4) is 11.1 Å². The number of amides is 1. The van der Waals surface area contributed by atoms with Gasteiger partial charge in [-0.15, -0.1) is 0 Å². The van der Waals surface area contributed by atoms with Crippen molar-refractivity contribution in [2.75, 3.05) is 17.4 Å². The zero-order valence-corrected chi connectivity index (χ0v) is 22.0. The number of unbranched alkanes of at least 4 members (excludes halogenated alkanes) is 1. The third kappa shape index (κ3) is 5.91. The van der Waals surface area contributed by atoms with Crippen LogP contribution in [0.5, 0.6) is 0 Å². The Morgan fingerprint density at radius 2 is 1.65 bits per heavy atom. The molecule has 0 unspecified atom stereocenters. The van der Waals surface area contributed by atoms with E-state index in [1.165, 1.54) is 11.2 Å². The Morgan fingerprint density at radius 1 is 0.919 bits per heavy atom. The van der Waals surface area contributed by atoms with Gasteiger partial charge in [0.2, 0.25) is 5.91 Å². The van der Waals surface area contributed by atoms with E-state index in [1.54, 1.807) is 48.5 Å². The number of fused-ring (bicyclic) bond motifs is 1. The number of benzene rings is 3. The van der Waals surface area contributed by atoms with Gasteiger partial charge >= 0.3 is 5.63 Å². The van der Waals surface area contributed by atoms with Crippen LogP contribution in [0.2, 0.25) is 0 Å². The lowest BCUT2D eigenvalue weighted by atomic mass is 10.0. The molecule has 0 fully saturated rings. The van der Waals surface area contributed by atoms with Crippen molar-refractivity contribution in [2.24, 2.45) is 0 Å². The van der Waals surface area contributed by atoms with Crippen LogP contribution in [-0.4, -0.2) is 27.4 Å². The van der Waals surface area contributed by atoms with E-state index in [0.29, 0.717) is 41.6 Å². The average molecular weight is 519 g/mol. The molecule has 0 saturated carbocycles. The Balaban J connectivity index is 1.75. The predicted molar refractivity (Wildman–Crippen MR) is 146 cm³/mol. The molecule has 3 aromatic carbocycles. The third-order valence-corrected chi connectivity index (χ3v) is 8.05. The van der Waals surface area contributed by atoms with Crippen LogP contribution in [0.25, 0.3) is 22.1 Å². The molecule has 1 N–H and O–H groups in total. The summed E-state index contributed by atoms with van der Waals surface area (Å²) in [6.45, 7) is 5.97. The highest BCUT2D eigenvalue weighted by Crippen LogP contribution is 2.30. The highest BCUT2D eigenvalue weighted by atomic mass is 32.2. The lowest BCUT2D eigenvalue weighted by Gasteiger charge is -2.25. The number of carbonyl (C=O) groups excluding carboxylic acids is 1. The molecule has 192 valence electrons. The van der Waals surface area contributed by atoms with Crippen LogP contribution in [0.15, 0.2) is 86.9 Å². The van der Waals surface area contributed by atoms with E-state index in [4.69, 9.17) is 4.42 Å². The van der Waals surface area contributed by atoms with E-state index in [0.717, 1.165) is 16.7 Å². The lowest BCUT2D eigenvalue weighted by Crippen LogP contribution is -2.32. The summed E-state index contributed by atoms with van der Waals surface area (Å²) in [7, 11) is -3.87. The number of hydrogen-bond acceptors (Lipinski definition) is 5. The van der Waals surface area contributed by atoms with Crippen LogP contribution in [0, 0.1) is 13.8 Å². The Kier molecular flexibility index (Phi) is 7.78. The van der Waals surface area contributed by atoms with E-state index in [1.807, 2.05) is 38.1 Å². The highest BCUT2D eigenvalue weighted by Gasteiger charge is 2.25. The molecule has 0 aliphatic carbocycles. The fourth-order valence-electron chi connectivity index (χ4n) is 4.20. The Morgan fingerprint density at radius 3 is 2.35 bits per heavy atom. The van der Waals surface area contributed by atoms with Crippen molar-refractivity contribution in [3.63, 3.8) is 0 Å². The molecule has 1 heterocycles. The number of aryl methyl sites for hydroxylation is 2. The predicted octanol–water partition coefficient (Wildman–Crippen LogP) is 5.19. The summed E-state index contributed by atoms with van der Waals surface area (Å²) < 4.78 is 34.4. The maximum Gasteiger partial charge on any atom is 0.344 e. The van der Waals surface area contributed by atoms with E-state index in [2.05, 4.69) is 5.32 Å². The summed E-state index contributed by atoms with van der Waals surface area (Å²) in [6.07, 6.45) is 1.17. The molecule has 8 heteroatoms. The van der Waals surface area contributed by atoms with Gasteiger partial charge in [0.1, 0.15) is 5.58 Å². The number of nitrogens with one attached hydrogen (secondary N) is 1. The Bertz CT molecular complexity index is 1590. The first-order valence-corrected chi connectivity index (χ1v) is 13.6. The SMILES string of the molecule is CC(=O)NCCCCN(c1ccc2oc(=O)c(-c3ccccc3C)cc2c1)S(=O)(=O)c1ccc(C)cc1. The molecular weight excluding hydrogens is 488 g/mol. The first-order chi connectivity index (χ1) is 17.7. The molecule has 0 atom stereocenters. The molecule has 1 amide bonds. The summed E-state index contributed by atoms with van der Waals surface area (Å²) in [5.74, 6) is -0.121. The number of hydrogen-bond donors (Lipinski definition) is 1. The molecule has 0 bridgehead atoms. The minimum absolute atomic E-state index is 0.121. The molecule has 0 aliphatic rings. The van der Waals surface area contributed by atoms with Crippen molar-refractivity contribution >= 4 is 32.6 Å². The molecule has 4 rings (SSSR count). The maximum atomic E-state index is 13.7. The van der Waals surface area contributed by atoms with Crippen LogP contribution in [-0.2, 0) is 14.8 Å². The summed E-state index contributed by atoms with van der Waals surface area (Å²) in [5.41, 5.74) is 3.49. The van der Waals surface area contributed by atoms with E-state index < -0.39 is 15.6 Å². The normalized spacial score (nSPS) is 11.4. The fraction of sp³-hybridized carbons (Fsp3) is 0.241. The van der Waals surface area contributed by atoms with Crippen LogP contribution in [0.3, 0.4) is 0 Å². The number of sulfonamides is 1. The minimum Gasteiger partial charge on any atom is -0.422 e. The first kappa shape index (κ1) is 26.2. The highest BCUT2D eigenvalue weighted by molar-refractivity contribution is 7.92. The Labute approximate surface area is 216 Å². The second kappa shape index (κ2) is 11.0. The van der Waals surface area contributed by atoms with Gasteiger partial charge in [0.15, 0.2) is 0 Å². The van der Waals surface area contributed by atoms with Gasteiger partial charge in [-0.2, -0.15) is 0 Å². The maximum absolute atomic E-state index is 13.7. The number of rotatable bonds is 9. The van der Waals surface area contributed by atoms with Crippen LogP contribution >= 0.6 is 0 Å². The third-order valence-electron chi connectivity index (χ3n) is 6.21. The fourth-order valence-corrected chi connectivity index (χ4v) is 5.69. The van der Waals surface area contributed by atoms with Crippen LogP contribution < -0.4 is 15.2 Å². The number of carbonyl (C=O) groups is 1. The average Bonchev–Trinajstić information content (AvgIpc) is 2.86. The van der Waals surface area contributed by atoms with E-state index >= 15 is 0 Å². The second-order valence-electron chi connectivity index (χ2n) is 9.06. The Hall–Kier alpha value is -3.91. The van der Waals surface area contributed by atoms with E-state index in [9.17, 15) is 18.0 Å². The number of anilines is 1. The van der Waals surface area contributed by atoms with Crippen molar-refractivity contribution in [1.29, 1.82) is 0 Å². The van der Waals surface area contributed by atoms with Gasteiger partial charge < -0.3 is 9.73 Å². The monoisotopic (exact) mass is 518 g/mol. The molecule has 1 aromatic heterocycles. The molecule has 0 aliphatic heterocycles. The molecular formula is C29H30N2O5S. The molecule has 0 saturated heterocycles. The summed E-state index contributed by atoms with van der Waals surface area (Å²) in [4.78, 5) is 24.1. The number of nitrogens with zero attached hydrogens (tertiary/aromatic N) is 1. The molecule has 0 radical (unpaired) electrons. The summed E-state index contributed by atoms with van der Waals surface area (Å²) in [6, 6.07) is 21.1. The molecule has 4 aromatic rings. The van der Waals surface area contributed by atoms with E-state index in [-0.39, 0.29) is 17.3 Å². The summed E-state index contributed by atoms with van der Waals surface area (Å²) in [5, 5.41) is 3.37. The van der Waals surface area contributed by atoms with Crippen LogP contribution in [0.1, 0.15) is 30.9 Å². The zero-order valence-electron chi connectivity index (χ0n) is 21.2. The lowest BCUT2D eigenvalue weighted by molar-refractivity contribution is -0.118. The smallest absolute Gasteiger partial charge is 0.344 e. The molecule has 37 heavy (non-hydrogen) atoms. The minimum atomic E-state index is -3.87. The quantitative estimate of drug-likeness (QED) is 0.243. The summed E-state index contributed by atoms with van der Waals surface area (Å²) >= 11 is 0. The first-order valence-electron chi connectivity index (χ1n) is 12.1. The zero-order chi connectivity index (χ0) is 26.6. The van der Waals surface area contributed by atoms with Gasteiger partial charge in [-0.1, -0.05) is 42.0 Å². The van der Waals surface area contributed by atoms with Gasteiger partial charge in [-0.25, -0.2) is 13.2 Å². The standard InChI is InChI=1S/C29H30N2O5S/c1-20-10-13-25(14-11-20)37(34,35)31(17-7-6-16-30-22(3)32)24-12-15-28-23(18-24)19-27(29(33)36-28)26-9-5-4-8-21(26)2/h4-5,8-15,18-19H,6-7,16-17H2,1-3H3,(H,30,32). The topological polar surface area (TPSA) is 96.7 Å². The van der Waals surface area contributed by atoms with Crippen molar-refractivity contribution in [2.45, 2.75) is 38.5 Å².